The summed E-state index contributed by atoms with van der Waals surface area (Å²) in [4.78, 5) is 3.31. The van der Waals surface area contributed by atoms with Gasteiger partial charge in [-0.3, -0.25) is 0 Å². The average Bonchev–Trinajstić information content (AvgIpc) is 2.09. The van der Waals surface area contributed by atoms with Gasteiger partial charge < -0.3 is 10.5 Å². The Balaban J connectivity index is 3.22. The molecular formula is C7H7F3N2O. The maximum Gasteiger partial charge on any atom is 0.280 e. The van der Waals surface area contributed by atoms with E-state index in [-0.39, 0.29) is 11.6 Å². The average molecular weight is 192 g/mol. The molecule has 0 radical (unpaired) electrons. The lowest BCUT2D eigenvalue weighted by Crippen LogP contribution is -2.02. The molecule has 0 amide bonds. The van der Waals surface area contributed by atoms with Crippen LogP contribution < -0.4 is 10.5 Å². The van der Waals surface area contributed by atoms with Gasteiger partial charge in [0.05, 0.1) is 7.11 Å². The van der Waals surface area contributed by atoms with E-state index in [0.717, 1.165) is 0 Å². The number of nitrogen functional groups attached to an aromatic ring is 1. The molecule has 3 nitrogen and oxygen atoms in total. The van der Waals surface area contributed by atoms with E-state index in [9.17, 15) is 13.2 Å². The summed E-state index contributed by atoms with van der Waals surface area (Å²) < 4.78 is 41.5. The van der Waals surface area contributed by atoms with E-state index < -0.39 is 17.9 Å². The third-order valence-electron chi connectivity index (χ3n) is 1.41. The van der Waals surface area contributed by atoms with Crippen LogP contribution in [0.25, 0.3) is 0 Å². The molecule has 13 heavy (non-hydrogen) atoms. The summed E-state index contributed by atoms with van der Waals surface area (Å²) in [6, 6.07) is 0.586. The summed E-state index contributed by atoms with van der Waals surface area (Å²) in [5.74, 6) is -1.28. The maximum atomic E-state index is 12.8. The second-order valence-electron chi connectivity index (χ2n) is 2.25. The van der Waals surface area contributed by atoms with Crippen molar-refractivity contribution in [2.45, 2.75) is 6.43 Å². The molecule has 0 fully saturated rings. The van der Waals surface area contributed by atoms with Gasteiger partial charge in [0.1, 0.15) is 11.4 Å². The summed E-state index contributed by atoms with van der Waals surface area (Å²) in [5, 5.41) is 0. The predicted octanol–water partition coefficient (Wildman–Crippen LogP) is 1.75. The minimum absolute atomic E-state index is 0.324. The second-order valence-corrected chi connectivity index (χ2v) is 2.25. The van der Waals surface area contributed by atoms with Crippen LogP contribution in [0.4, 0.5) is 18.9 Å². The Labute approximate surface area is 72.3 Å². The molecule has 0 atom stereocenters. The topological polar surface area (TPSA) is 48.1 Å². The van der Waals surface area contributed by atoms with Gasteiger partial charge in [0.25, 0.3) is 6.43 Å². The smallest absolute Gasteiger partial charge is 0.280 e. The van der Waals surface area contributed by atoms with E-state index >= 15 is 0 Å². The van der Waals surface area contributed by atoms with Crippen molar-refractivity contribution in [1.82, 2.24) is 4.98 Å². The predicted molar refractivity (Wildman–Crippen MR) is 40.1 cm³/mol. The molecule has 0 saturated carbocycles. The number of methoxy groups -OCH3 is 1. The van der Waals surface area contributed by atoms with E-state index in [2.05, 4.69) is 9.72 Å². The van der Waals surface area contributed by atoms with Crippen LogP contribution in [0.15, 0.2) is 6.07 Å². The molecule has 1 rings (SSSR count). The van der Waals surface area contributed by atoms with Crippen LogP contribution in [0, 0.1) is 5.82 Å². The van der Waals surface area contributed by atoms with Crippen molar-refractivity contribution in [2.24, 2.45) is 0 Å². The molecule has 0 aliphatic heterocycles. The van der Waals surface area contributed by atoms with E-state index in [0.29, 0.717) is 6.07 Å². The molecule has 6 heteroatoms. The van der Waals surface area contributed by atoms with Crippen molar-refractivity contribution in [3.63, 3.8) is 0 Å². The second kappa shape index (κ2) is 3.51. The van der Waals surface area contributed by atoms with Gasteiger partial charge >= 0.3 is 0 Å². The van der Waals surface area contributed by atoms with Gasteiger partial charge in [0.15, 0.2) is 5.82 Å². The minimum Gasteiger partial charge on any atom is -0.479 e. The fourth-order valence-electron chi connectivity index (χ4n) is 0.787. The summed E-state index contributed by atoms with van der Waals surface area (Å²) in [6.07, 6.45) is -2.84. The summed E-state index contributed by atoms with van der Waals surface area (Å²) in [5.41, 5.74) is 4.09. The fraction of sp³-hybridized carbons (Fsp3) is 0.286. The zero-order valence-electron chi connectivity index (χ0n) is 6.72. The highest BCUT2D eigenvalue weighted by molar-refractivity contribution is 5.49. The zero-order valence-corrected chi connectivity index (χ0v) is 6.72. The first-order valence-electron chi connectivity index (χ1n) is 3.34. The number of anilines is 1. The Morgan fingerprint density at radius 3 is 2.62 bits per heavy atom. The SMILES string of the molecule is COc1nc(C(F)F)cc(F)c1N. The standard InChI is InChI=1S/C7H7F3N2O/c1-13-7-5(11)3(8)2-4(12-7)6(9)10/h2,6H,11H2,1H3. The number of halogens is 3. The third kappa shape index (κ3) is 1.82. The maximum absolute atomic E-state index is 12.8. The van der Waals surface area contributed by atoms with Crippen molar-refractivity contribution in [1.29, 1.82) is 0 Å². The first-order chi connectivity index (χ1) is 6.06. The van der Waals surface area contributed by atoms with E-state index in [4.69, 9.17) is 5.73 Å². The molecule has 0 aromatic carbocycles. The van der Waals surface area contributed by atoms with Gasteiger partial charge in [-0.25, -0.2) is 18.2 Å². The molecule has 72 valence electrons. The molecule has 0 bridgehead atoms. The first kappa shape index (κ1) is 9.63. The number of hydrogen-bond donors (Lipinski definition) is 1. The number of nitrogens with zero attached hydrogens (tertiary/aromatic N) is 1. The van der Waals surface area contributed by atoms with Crippen LogP contribution >= 0.6 is 0 Å². The Hall–Kier alpha value is -1.46. The van der Waals surface area contributed by atoms with Crippen LogP contribution in [-0.2, 0) is 0 Å². The monoisotopic (exact) mass is 192 g/mol. The number of pyridine rings is 1. The molecule has 1 heterocycles. The van der Waals surface area contributed by atoms with Crippen LogP contribution in [-0.4, -0.2) is 12.1 Å². The van der Waals surface area contributed by atoms with Gasteiger partial charge in [0.2, 0.25) is 5.88 Å². The Kier molecular flexibility index (Phi) is 2.60. The highest BCUT2D eigenvalue weighted by atomic mass is 19.3. The lowest BCUT2D eigenvalue weighted by molar-refractivity contribution is 0.144. The highest BCUT2D eigenvalue weighted by Gasteiger charge is 2.16. The molecule has 0 saturated heterocycles. The normalized spacial score (nSPS) is 10.5. The van der Waals surface area contributed by atoms with Crippen molar-refractivity contribution in [3.05, 3.63) is 17.6 Å². The Morgan fingerprint density at radius 2 is 2.15 bits per heavy atom. The number of aromatic nitrogens is 1. The molecule has 0 spiro atoms. The van der Waals surface area contributed by atoms with E-state index in [1.54, 1.807) is 0 Å². The van der Waals surface area contributed by atoms with Gasteiger partial charge in [-0.15, -0.1) is 0 Å². The van der Waals surface area contributed by atoms with Crippen LogP contribution in [0.1, 0.15) is 12.1 Å². The Bertz CT molecular complexity index is 317. The van der Waals surface area contributed by atoms with Crippen molar-refractivity contribution in [3.8, 4) is 5.88 Å². The number of rotatable bonds is 2. The van der Waals surface area contributed by atoms with Gasteiger partial charge in [-0.2, -0.15) is 0 Å². The fourth-order valence-corrected chi connectivity index (χ4v) is 0.787. The van der Waals surface area contributed by atoms with Crippen LogP contribution in [0.5, 0.6) is 5.88 Å². The third-order valence-corrected chi connectivity index (χ3v) is 1.41. The summed E-state index contributed by atoms with van der Waals surface area (Å²) in [6.45, 7) is 0. The lowest BCUT2D eigenvalue weighted by Gasteiger charge is -2.06. The quantitative estimate of drug-likeness (QED) is 0.776. The molecule has 1 aromatic heterocycles. The van der Waals surface area contributed by atoms with Gasteiger partial charge in [-0.05, 0) is 0 Å². The van der Waals surface area contributed by atoms with E-state index in [1.807, 2.05) is 0 Å². The summed E-state index contributed by atoms with van der Waals surface area (Å²) >= 11 is 0. The largest absolute Gasteiger partial charge is 0.479 e. The molecule has 0 aliphatic carbocycles. The molecule has 1 aromatic rings. The number of ether oxygens (including phenoxy) is 1. The number of hydrogen-bond acceptors (Lipinski definition) is 3. The highest BCUT2D eigenvalue weighted by Crippen LogP contribution is 2.26. The zero-order chi connectivity index (χ0) is 10.0. The summed E-state index contributed by atoms with van der Waals surface area (Å²) in [7, 11) is 1.17. The Morgan fingerprint density at radius 1 is 1.54 bits per heavy atom. The van der Waals surface area contributed by atoms with Crippen molar-refractivity contribution in [2.75, 3.05) is 12.8 Å². The first-order valence-corrected chi connectivity index (χ1v) is 3.34. The molecule has 0 aliphatic rings. The van der Waals surface area contributed by atoms with Crippen LogP contribution in [0.2, 0.25) is 0 Å². The lowest BCUT2D eigenvalue weighted by atomic mass is 10.3. The van der Waals surface area contributed by atoms with E-state index in [1.165, 1.54) is 7.11 Å². The van der Waals surface area contributed by atoms with Crippen molar-refractivity contribution < 1.29 is 17.9 Å². The number of alkyl halides is 2. The van der Waals surface area contributed by atoms with Crippen molar-refractivity contribution >= 4 is 5.69 Å². The number of nitrogens with two attached hydrogens (primary N) is 1. The molecular weight excluding hydrogens is 185 g/mol. The minimum atomic E-state index is -2.84. The van der Waals surface area contributed by atoms with Gasteiger partial charge in [0, 0.05) is 6.07 Å². The van der Waals surface area contributed by atoms with Gasteiger partial charge in [-0.1, -0.05) is 0 Å². The molecule has 2 N–H and O–H groups in total. The van der Waals surface area contributed by atoms with Crippen LogP contribution in [0.3, 0.4) is 0 Å². The molecule has 0 unspecified atom stereocenters.